The van der Waals surface area contributed by atoms with Crippen LogP contribution in [0, 0.1) is 0 Å². The van der Waals surface area contributed by atoms with E-state index in [9.17, 15) is 0 Å². The van der Waals surface area contributed by atoms with Crippen LogP contribution < -0.4 is 4.74 Å². The summed E-state index contributed by atoms with van der Waals surface area (Å²) in [4.78, 5) is 0. The molecule has 0 unspecified atom stereocenters. The van der Waals surface area contributed by atoms with Crippen LogP contribution in [0.3, 0.4) is 0 Å². The first-order chi connectivity index (χ1) is 16.8. The summed E-state index contributed by atoms with van der Waals surface area (Å²) in [6.07, 6.45) is 0. The number of ether oxygens (including phenoxy) is 1. The third-order valence-electron chi connectivity index (χ3n) is 7.05. The number of furan rings is 1. The molecular weight excluding hydrogens is 416 g/mol. The molecule has 0 bridgehead atoms. The van der Waals surface area contributed by atoms with E-state index in [2.05, 4.69) is 103 Å². The zero-order chi connectivity index (χ0) is 22.2. The Balaban J connectivity index is 1.44. The van der Waals surface area contributed by atoms with Gasteiger partial charge in [0.25, 0.3) is 0 Å². The van der Waals surface area contributed by atoms with Crippen molar-refractivity contribution in [3.05, 3.63) is 109 Å². The summed E-state index contributed by atoms with van der Waals surface area (Å²) in [6, 6.07) is 38.3. The van der Waals surface area contributed by atoms with Gasteiger partial charge in [0.15, 0.2) is 0 Å². The first-order valence-corrected chi connectivity index (χ1v) is 11.5. The van der Waals surface area contributed by atoms with Crippen LogP contribution in [-0.2, 0) is 0 Å². The zero-order valence-electron chi connectivity index (χ0n) is 18.2. The Kier molecular flexibility index (Phi) is 3.42. The normalized spacial score (nSPS) is 12.4. The molecule has 1 aliphatic rings. The van der Waals surface area contributed by atoms with Crippen molar-refractivity contribution >= 4 is 43.5 Å². The lowest BCUT2D eigenvalue weighted by atomic mass is 9.91. The van der Waals surface area contributed by atoms with Gasteiger partial charge in [0.1, 0.15) is 22.7 Å². The van der Waals surface area contributed by atoms with Gasteiger partial charge in [-0.1, -0.05) is 78.9 Å². The zero-order valence-corrected chi connectivity index (χ0v) is 18.2. The van der Waals surface area contributed by atoms with Gasteiger partial charge >= 0.3 is 0 Å². The quantitative estimate of drug-likeness (QED) is 0.257. The van der Waals surface area contributed by atoms with Crippen LogP contribution >= 0.6 is 0 Å². The fraction of sp³-hybridized carbons (Fsp3) is 0. The van der Waals surface area contributed by atoms with Crippen molar-refractivity contribution in [1.82, 2.24) is 0 Å². The molecule has 0 saturated heterocycles. The molecule has 8 rings (SSSR count). The van der Waals surface area contributed by atoms with E-state index >= 15 is 0 Å². The van der Waals surface area contributed by atoms with Crippen molar-refractivity contribution in [2.45, 2.75) is 0 Å². The molecule has 7 aromatic rings. The summed E-state index contributed by atoms with van der Waals surface area (Å²) >= 11 is 0. The summed E-state index contributed by atoms with van der Waals surface area (Å²) in [6.45, 7) is 0. The van der Waals surface area contributed by atoms with Gasteiger partial charge in [-0.15, -0.1) is 0 Å². The highest BCUT2D eigenvalue weighted by Gasteiger charge is 2.21. The highest BCUT2D eigenvalue weighted by molar-refractivity contribution is 6.22. The third kappa shape index (κ3) is 2.35. The van der Waals surface area contributed by atoms with Gasteiger partial charge < -0.3 is 9.15 Å². The van der Waals surface area contributed by atoms with Gasteiger partial charge in [0.2, 0.25) is 0 Å². The molecule has 0 fully saturated rings. The maximum atomic E-state index is 6.32. The highest BCUT2D eigenvalue weighted by Crippen LogP contribution is 2.48. The van der Waals surface area contributed by atoms with Crippen molar-refractivity contribution in [2.75, 3.05) is 0 Å². The molecule has 158 valence electrons. The number of benzene rings is 6. The van der Waals surface area contributed by atoms with E-state index in [1.807, 2.05) is 6.07 Å². The van der Waals surface area contributed by atoms with E-state index in [1.165, 1.54) is 38.1 Å². The van der Waals surface area contributed by atoms with Crippen LogP contribution in [0.5, 0.6) is 11.5 Å². The Hall–Kier alpha value is -4.56. The fourth-order valence-corrected chi connectivity index (χ4v) is 5.56. The largest absolute Gasteiger partial charge is 0.456 e. The Morgan fingerprint density at radius 1 is 0.441 bits per heavy atom. The van der Waals surface area contributed by atoms with Crippen molar-refractivity contribution < 1.29 is 9.15 Å². The van der Waals surface area contributed by atoms with Gasteiger partial charge in [-0.2, -0.15) is 0 Å². The smallest absolute Gasteiger partial charge is 0.136 e. The van der Waals surface area contributed by atoms with Gasteiger partial charge in [-0.3, -0.25) is 0 Å². The molecule has 6 aromatic carbocycles. The van der Waals surface area contributed by atoms with E-state index in [0.29, 0.717) is 0 Å². The topological polar surface area (TPSA) is 22.4 Å². The monoisotopic (exact) mass is 434 g/mol. The minimum absolute atomic E-state index is 0.893. The van der Waals surface area contributed by atoms with Crippen molar-refractivity contribution in [3.8, 4) is 33.8 Å². The Labute approximate surface area is 195 Å². The van der Waals surface area contributed by atoms with Crippen LogP contribution in [0.25, 0.3) is 65.7 Å². The average Bonchev–Trinajstić information content (AvgIpc) is 3.28. The molecule has 0 spiro atoms. The highest BCUT2D eigenvalue weighted by atomic mass is 16.5. The molecule has 0 radical (unpaired) electrons. The predicted molar refractivity (Wildman–Crippen MR) is 140 cm³/mol. The van der Waals surface area contributed by atoms with Crippen LogP contribution in [0.15, 0.2) is 114 Å². The molecular formula is C32H18O2. The molecule has 0 N–H and O–H groups in total. The second-order valence-electron chi connectivity index (χ2n) is 8.91. The summed E-state index contributed by atoms with van der Waals surface area (Å²) < 4.78 is 12.6. The molecule has 0 amide bonds. The van der Waals surface area contributed by atoms with Crippen LogP contribution in [0.2, 0.25) is 0 Å². The van der Waals surface area contributed by atoms with Crippen LogP contribution in [-0.4, -0.2) is 0 Å². The second kappa shape index (κ2) is 6.49. The van der Waals surface area contributed by atoms with E-state index in [1.54, 1.807) is 0 Å². The van der Waals surface area contributed by atoms with Crippen molar-refractivity contribution in [1.29, 1.82) is 0 Å². The molecule has 0 saturated carbocycles. The average molecular weight is 434 g/mol. The first kappa shape index (κ1) is 17.9. The number of fused-ring (bicyclic) bond motifs is 7. The van der Waals surface area contributed by atoms with Gasteiger partial charge in [-0.05, 0) is 63.2 Å². The summed E-state index contributed by atoms with van der Waals surface area (Å²) in [5.74, 6) is 1.81. The SMILES string of the molecule is c1cc2c3c(cccc3c1)-c1cc(-c3cccc4oc5ccc6ccccc6c5c34)ccc1O2. The van der Waals surface area contributed by atoms with E-state index in [4.69, 9.17) is 9.15 Å². The molecule has 2 heteroatoms. The molecule has 2 nitrogen and oxygen atoms in total. The number of rotatable bonds is 1. The minimum atomic E-state index is 0.893. The maximum absolute atomic E-state index is 6.32. The summed E-state index contributed by atoms with van der Waals surface area (Å²) in [7, 11) is 0. The van der Waals surface area contributed by atoms with Gasteiger partial charge in [-0.25, -0.2) is 0 Å². The first-order valence-electron chi connectivity index (χ1n) is 11.5. The lowest BCUT2D eigenvalue weighted by Crippen LogP contribution is -1.97. The number of hydrogen-bond donors (Lipinski definition) is 0. The molecule has 1 aromatic heterocycles. The second-order valence-corrected chi connectivity index (χ2v) is 8.91. The Morgan fingerprint density at radius 3 is 2.21 bits per heavy atom. The predicted octanol–water partition coefficient (Wildman–Crippen LogP) is 9.33. The fourth-order valence-electron chi connectivity index (χ4n) is 5.56. The summed E-state index contributed by atoms with van der Waals surface area (Å²) in [5, 5.41) is 7.13. The molecule has 1 aliphatic heterocycles. The lowest BCUT2D eigenvalue weighted by Gasteiger charge is -2.22. The maximum Gasteiger partial charge on any atom is 0.136 e. The minimum Gasteiger partial charge on any atom is -0.456 e. The Bertz CT molecular complexity index is 1940. The molecule has 2 heterocycles. The lowest BCUT2D eigenvalue weighted by molar-refractivity contribution is 0.487. The van der Waals surface area contributed by atoms with Crippen molar-refractivity contribution in [2.24, 2.45) is 0 Å². The van der Waals surface area contributed by atoms with Crippen molar-refractivity contribution in [3.63, 3.8) is 0 Å². The van der Waals surface area contributed by atoms with Crippen LogP contribution in [0.1, 0.15) is 0 Å². The van der Waals surface area contributed by atoms with Crippen LogP contribution in [0.4, 0.5) is 0 Å². The third-order valence-corrected chi connectivity index (χ3v) is 7.05. The standard InChI is InChI=1S/C32H18O2/c1-2-9-22-19(6-1)14-17-29-31(22)32-23(10-5-13-28(32)34-29)21-15-16-26-25(18-21)24-11-3-7-20-8-4-12-27(33-26)30(20)24/h1-18H. The number of hydrogen-bond acceptors (Lipinski definition) is 2. The van der Waals surface area contributed by atoms with E-state index in [-0.39, 0.29) is 0 Å². The van der Waals surface area contributed by atoms with Gasteiger partial charge in [0.05, 0.1) is 0 Å². The molecule has 34 heavy (non-hydrogen) atoms. The van der Waals surface area contributed by atoms with E-state index < -0.39 is 0 Å². The molecule has 0 atom stereocenters. The van der Waals surface area contributed by atoms with E-state index in [0.717, 1.165) is 39.2 Å². The summed E-state index contributed by atoms with van der Waals surface area (Å²) in [5.41, 5.74) is 6.48. The Morgan fingerprint density at radius 2 is 1.24 bits per heavy atom. The molecule has 0 aliphatic carbocycles. The van der Waals surface area contributed by atoms with Gasteiger partial charge in [0, 0.05) is 21.7 Å².